The summed E-state index contributed by atoms with van der Waals surface area (Å²) >= 11 is 6.85. The minimum atomic E-state index is -0.602. The van der Waals surface area contributed by atoms with Crippen LogP contribution < -0.4 is 10.6 Å². The Labute approximate surface area is 155 Å². The molecule has 0 unspecified atom stereocenters. The molecular weight excluding hydrogens is 363 g/mol. The van der Waals surface area contributed by atoms with E-state index in [2.05, 4.69) is 10.6 Å². The van der Waals surface area contributed by atoms with Gasteiger partial charge in [0.1, 0.15) is 5.82 Å². The Kier molecular flexibility index (Phi) is 6.84. The Morgan fingerprint density at radius 1 is 1.16 bits per heavy atom. The van der Waals surface area contributed by atoms with Crippen LogP contribution >= 0.6 is 23.4 Å². The zero-order valence-electron chi connectivity index (χ0n) is 13.8. The highest BCUT2D eigenvalue weighted by atomic mass is 35.5. The molecule has 4 nitrogen and oxygen atoms in total. The Hall–Kier alpha value is -2.05. The molecule has 7 heteroatoms. The predicted octanol–water partition coefficient (Wildman–Crippen LogP) is 4.49. The van der Waals surface area contributed by atoms with E-state index in [0.717, 1.165) is 11.6 Å². The van der Waals surface area contributed by atoms with Crippen LogP contribution in [-0.4, -0.2) is 22.8 Å². The van der Waals surface area contributed by atoms with E-state index in [0.29, 0.717) is 5.69 Å². The van der Waals surface area contributed by atoms with Gasteiger partial charge in [-0.25, -0.2) is 4.39 Å². The van der Waals surface area contributed by atoms with Crippen molar-refractivity contribution in [1.82, 2.24) is 0 Å². The highest BCUT2D eigenvalue weighted by molar-refractivity contribution is 8.01. The molecule has 2 N–H and O–H groups in total. The Balaban J connectivity index is 1.82. The van der Waals surface area contributed by atoms with Crippen LogP contribution in [0.5, 0.6) is 0 Å². The summed E-state index contributed by atoms with van der Waals surface area (Å²) in [6.45, 7) is 3.62. The van der Waals surface area contributed by atoms with Gasteiger partial charge in [-0.05, 0) is 44.2 Å². The lowest BCUT2D eigenvalue weighted by Crippen LogP contribution is -2.25. The molecule has 1 atom stereocenters. The van der Waals surface area contributed by atoms with Gasteiger partial charge in [0.05, 0.1) is 16.7 Å². The van der Waals surface area contributed by atoms with Gasteiger partial charge in [0, 0.05) is 10.7 Å². The van der Waals surface area contributed by atoms with Crippen molar-refractivity contribution in [2.75, 3.05) is 16.4 Å². The van der Waals surface area contributed by atoms with Gasteiger partial charge in [-0.2, -0.15) is 0 Å². The van der Waals surface area contributed by atoms with Crippen molar-refractivity contribution in [1.29, 1.82) is 0 Å². The molecule has 2 aromatic rings. The van der Waals surface area contributed by atoms with Gasteiger partial charge in [0.2, 0.25) is 11.8 Å². The second-order valence-corrected chi connectivity index (χ2v) is 7.25. The minimum absolute atomic E-state index is 0.0611. The zero-order chi connectivity index (χ0) is 18.4. The Morgan fingerprint density at radius 3 is 2.48 bits per heavy atom. The van der Waals surface area contributed by atoms with E-state index < -0.39 is 11.1 Å². The molecule has 0 heterocycles. The maximum atomic E-state index is 13.7. The van der Waals surface area contributed by atoms with Crippen molar-refractivity contribution in [2.24, 2.45) is 0 Å². The molecule has 0 aliphatic rings. The third-order valence-electron chi connectivity index (χ3n) is 3.36. The molecule has 0 aliphatic heterocycles. The number of anilines is 2. The van der Waals surface area contributed by atoms with Crippen molar-refractivity contribution in [3.05, 3.63) is 58.9 Å². The van der Waals surface area contributed by atoms with Crippen LogP contribution in [0.15, 0.2) is 42.5 Å². The third-order valence-corrected chi connectivity index (χ3v) is 4.74. The fourth-order valence-electron chi connectivity index (χ4n) is 1.94. The standard InChI is InChI=1S/C18H18ClFN2O2S/c1-11-3-6-14(7-4-11)21-17(23)10-25-12(2)18(24)22-16-8-5-13(19)9-15(16)20/h3-9,12H,10H2,1-2H3,(H,21,23)(H,22,24)/t12-/m1/s1. The summed E-state index contributed by atoms with van der Waals surface area (Å²) in [4.78, 5) is 24.0. The second-order valence-electron chi connectivity index (χ2n) is 5.48. The first-order valence-corrected chi connectivity index (χ1v) is 9.02. The number of amides is 2. The first-order valence-electron chi connectivity index (χ1n) is 7.59. The van der Waals surface area contributed by atoms with Gasteiger partial charge in [-0.15, -0.1) is 11.8 Å². The van der Waals surface area contributed by atoms with Gasteiger partial charge >= 0.3 is 0 Å². The van der Waals surface area contributed by atoms with Gasteiger partial charge in [0.25, 0.3) is 0 Å². The molecule has 25 heavy (non-hydrogen) atoms. The largest absolute Gasteiger partial charge is 0.325 e. The van der Waals surface area contributed by atoms with Gasteiger partial charge in [0.15, 0.2) is 0 Å². The number of aryl methyl sites for hydroxylation is 1. The topological polar surface area (TPSA) is 58.2 Å². The summed E-state index contributed by atoms with van der Waals surface area (Å²) in [6, 6.07) is 11.5. The number of hydrogen-bond donors (Lipinski definition) is 2. The third kappa shape index (κ3) is 6.07. The average molecular weight is 381 g/mol. The van der Waals surface area contributed by atoms with Crippen molar-refractivity contribution in [3.63, 3.8) is 0 Å². The molecular formula is C18H18ClFN2O2S. The van der Waals surface area contributed by atoms with Gasteiger partial charge < -0.3 is 10.6 Å². The second kappa shape index (κ2) is 8.87. The van der Waals surface area contributed by atoms with Crippen molar-refractivity contribution in [2.45, 2.75) is 19.1 Å². The van der Waals surface area contributed by atoms with Gasteiger partial charge in [-0.1, -0.05) is 29.3 Å². The summed E-state index contributed by atoms with van der Waals surface area (Å²) in [5.74, 6) is -1.07. The van der Waals surface area contributed by atoms with E-state index in [1.807, 2.05) is 31.2 Å². The lowest BCUT2D eigenvalue weighted by Gasteiger charge is -2.13. The SMILES string of the molecule is Cc1ccc(NC(=O)CS[C@H](C)C(=O)Nc2ccc(Cl)cc2F)cc1. The molecule has 0 saturated heterocycles. The van der Waals surface area contributed by atoms with Crippen LogP contribution in [0.25, 0.3) is 0 Å². The van der Waals surface area contributed by atoms with Crippen LogP contribution in [0.4, 0.5) is 15.8 Å². The van der Waals surface area contributed by atoms with E-state index in [-0.39, 0.29) is 28.3 Å². The van der Waals surface area contributed by atoms with Gasteiger partial charge in [-0.3, -0.25) is 9.59 Å². The molecule has 2 rings (SSSR count). The number of hydrogen-bond acceptors (Lipinski definition) is 3. The van der Waals surface area contributed by atoms with Crippen LogP contribution in [-0.2, 0) is 9.59 Å². The fourth-order valence-corrected chi connectivity index (χ4v) is 2.78. The van der Waals surface area contributed by atoms with Crippen molar-refractivity contribution in [3.8, 4) is 0 Å². The highest BCUT2D eigenvalue weighted by Gasteiger charge is 2.17. The maximum Gasteiger partial charge on any atom is 0.237 e. The van der Waals surface area contributed by atoms with E-state index in [9.17, 15) is 14.0 Å². The summed E-state index contributed by atoms with van der Waals surface area (Å²) in [7, 11) is 0. The first-order chi connectivity index (χ1) is 11.8. The van der Waals surface area contributed by atoms with E-state index in [4.69, 9.17) is 11.6 Å². The molecule has 0 radical (unpaired) electrons. The average Bonchev–Trinajstić information content (AvgIpc) is 2.57. The van der Waals surface area contributed by atoms with E-state index >= 15 is 0 Å². The smallest absolute Gasteiger partial charge is 0.237 e. The van der Waals surface area contributed by atoms with Crippen LogP contribution in [0.2, 0.25) is 5.02 Å². The van der Waals surface area contributed by atoms with Crippen molar-refractivity contribution < 1.29 is 14.0 Å². The van der Waals surface area contributed by atoms with E-state index in [1.165, 1.54) is 23.9 Å². The van der Waals surface area contributed by atoms with E-state index in [1.54, 1.807) is 6.92 Å². The molecule has 0 aromatic heterocycles. The number of benzene rings is 2. The normalized spacial score (nSPS) is 11.7. The number of thioether (sulfide) groups is 1. The molecule has 2 amide bonds. The summed E-state index contributed by atoms with van der Waals surface area (Å²) < 4.78 is 13.7. The number of halogens is 2. The number of carbonyl (C=O) groups is 2. The number of rotatable bonds is 6. The lowest BCUT2D eigenvalue weighted by atomic mass is 10.2. The molecule has 0 fully saturated rings. The van der Waals surface area contributed by atoms with Crippen LogP contribution in [0, 0.1) is 12.7 Å². The molecule has 2 aromatic carbocycles. The Morgan fingerprint density at radius 2 is 1.84 bits per heavy atom. The van der Waals surface area contributed by atoms with Crippen LogP contribution in [0.3, 0.4) is 0 Å². The summed E-state index contributed by atoms with van der Waals surface area (Å²) in [5.41, 5.74) is 1.87. The monoisotopic (exact) mass is 380 g/mol. The lowest BCUT2D eigenvalue weighted by molar-refractivity contribution is -0.115. The molecule has 0 saturated carbocycles. The zero-order valence-corrected chi connectivity index (χ0v) is 15.4. The first kappa shape index (κ1) is 19.3. The summed E-state index contributed by atoms with van der Waals surface area (Å²) in [6.07, 6.45) is 0. The fraction of sp³-hybridized carbons (Fsp3) is 0.222. The molecule has 0 bridgehead atoms. The predicted molar refractivity (Wildman–Crippen MR) is 102 cm³/mol. The maximum absolute atomic E-state index is 13.7. The quantitative estimate of drug-likeness (QED) is 0.776. The Bertz CT molecular complexity index is 768. The molecule has 0 spiro atoms. The summed E-state index contributed by atoms with van der Waals surface area (Å²) in [5, 5.41) is 4.99. The van der Waals surface area contributed by atoms with Crippen molar-refractivity contribution >= 4 is 46.6 Å². The minimum Gasteiger partial charge on any atom is -0.325 e. The number of carbonyl (C=O) groups excluding carboxylic acids is 2. The molecule has 132 valence electrons. The van der Waals surface area contributed by atoms with Crippen LogP contribution in [0.1, 0.15) is 12.5 Å². The highest BCUT2D eigenvalue weighted by Crippen LogP contribution is 2.20. The number of nitrogens with one attached hydrogen (secondary N) is 2. The molecule has 0 aliphatic carbocycles.